The molecule has 0 aliphatic carbocycles. The summed E-state index contributed by atoms with van der Waals surface area (Å²) in [4.78, 5) is 42.4. The fraction of sp³-hybridized carbons (Fsp3) is 0.400. The molecule has 1 spiro atoms. The summed E-state index contributed by atoms with van der Waals surface area (Å²) >= 11 is 0. The van der Waals surface area contributed by atoms with Crippen molar-refractivity contribution < 1.29 is 24.2 Å². The third-order valence-corrected chi connectivity index (χ3v) is 6.61. The minimum Gasteiger partial charge on any atom is -0.445 e. The third kappa shape index (κ3) is 3.56. The fourth-order valence-corrected chi connectivity index (χ4v) is 4.70. The fourth-order valence-electron chi connectivity index (χ4n) is 4.70. The number of ether oxygens (including phenoxy) is 1. The van der Waals surface area contributed by atoms with Crippen molar-refractivity contribution in [2.45, 2.75) is 51.0 Å². The zero-order valence-electron chi connectivity index (χ0n) is 18.3. The lowest BCUT2D eigenvalue weighted by atomic mass is 9.72. The maximum absolute atomic E-state index is 13.5. The number of likely N-dealkylation sites (tertiary alicyclic amines) is 2. The van der Waals surface area contributed by atoms with Gasteiger partial charge in [-0.15, -0.1) is 0 Å². The van der Waals surface area contributed by atoms with Crippen molar-refractivity contribution in [2.75, 3.05) is 6.54 Å². The van der Waals surface area contributed by atoms with Crippen LogP contribution in [0.4, 0.5) is 4.79 Å². The molecule has 0 radical (unpaired) electrons. The van der Waals surface area contributed by atoms with Gasteiger partial charge >= 0.3 is 6.09 Å². The molecule has 4 unspecified atom stereocenters. The first kappa shape index (κ1) is 22.0. The van der Waals surface area contributed by atoms with E-state index in [9.17, 15) is 19.5 Å². The van der Waals surface area contributed by atoms with Gasteiger partial charge in [-0.3, -0.25) is 19.4 Å². The molecule has 2 saturated heterocycles. The van der Waals surface area contributed by atoms with Gasteiger partial charge in [0.15, 0.2) is 5.54 Å². The molecule has 7 nitrogen and oxygen atoms in total. The second kappa shape index (κ2) is 8.74. The quantitative estimate of drug-likeness (QED) is 0.727. The van der Waals surface area contributed by atoms with Crippen LogP contribution in [-0.4, -0.2) is 51.0 Å². The van der Waals surface area contributed by atoms with E-state index in [2.05, 4.69) is 0 Å². The number of β-lactam (4-membered cyclic amide) rings is 1. The molecular weight excluding hydrogens is 408 g/mol. The standard InChI is InChI=1S/C25H28N2O5/c1-17(18(2)28)22(29)27-21(20-12-7-4-8-13-20)25(23(27)30)14-9-15-26(25)24(31)32-16-19-10-5-3-6-11-19/h3-8,10-13,17-18,21,28H,9,14-16H2,1-2H3. The molecule has 4 rings (SSSR count). The number of amides is 3. The Hall–Kier alpha value is -3.19. The molecule has 2 aliphatic rings. The minimum atomic E-state index is -1.15. The largest absolute Gasteiger partial charge is 0.445 e. The molecule has 32 heavy (non-hydrogen) atoms. The van der Waals surface area contributed by atoms with E-state index >= 15 is 0 Å². The molecule has 0 aromatic heterocycles. The van der Waals surface area contributed by atoms with Crippen LogP contribution < -0.4 is 0 Å². The van der Waals surface area contributed by atoms with Gasteiger partial charge in [0.1, 0.15) is 6.61 Å². The smallest absolute Gasteiger partial charge is 0.411 e. The molecule has 0 bridgehead atoms. The van der Waals surface area contributed by atoms with Gasteiger partial charge < -0.3 is 9.84 Å². The van der Waals surface area contributed by atoms with E-state index in [0.717, 1.165) is 11.1 Å². The molecule has 4 atom stereocenters. The Morgan fingerprint density at radius 2 is 1.72 bits per heavy atom. The predicted molar refractivity (Wildman–Crippen MR) is 117 cm³/mol. The number of carbonyl (C=O) groups is 3. The monoisotopic (exact) mass is 436 g/mol. The highest BCUT2D eigenvalue weighted by atomic mass is 16.6. The number of carbonyl (C=O) groups excluding carboxylic acids is 3. The van der Waals surface area contributed by atoms with Crippen molar-refractivity contribution in [2.24, 2.45) is 5.92 Å². The van der Waals surface area contributed by atoms with Crippen LogP contribution in [0.3, 0.4) is 0 Å². The molecule has 2 aromatic carbocycles. The van der Waals surface area contributed by atoms with Crippen LogP contribution in [0.5, 0.6) is 0 Å². The zero-order valence-corrected chi connectivity index (χ0v) is 18.3. The average Bonchev–Trinajstić information content (AvgIpc) is 3.28. The highest BCUT2D eigenvalue weighted by Crippen LogP contribution is 2.53. The second-order valence-corrected chi connectivity index (χ2v) is 8.58. The first-order chi connectivity index (χ1) is 15.4. The molecule has 2 aliphatic heterocycles. The predicted octanol–water partition coefficient (Wildman–Crippen LogP) is 3.28. The molecular formula is C25H28N2O5. The molecule has 1 N–H and O–H groups in total. The van der Waals surface area contributed by atoms with Crippen LogP contribution >= 0.6 is 0 Å². The molecule has 168 valence electrons. The molecule has 0 saturated carbocycles. The number of benzene rings is 2. The van der Waals surface area contributed by atoms with E-state index in [1.165, 1.54) is 16.7 Å². The summed E-state index contributed by atoms with van der Waals surface area (Å²) in [5.41, 5.74) is 0.487. The number of hydrogen-bond acceptors (Lipinski definition) is 5. The third-order valence-electron chi connectivity index (χ3n) is 6.61. The van der Waals surface area contributed by atoms with Crippen LogP contribution in [0.2, 0.25) is 0 Å². The first-order valence-corrected chi connectivity index (χ1v) is 11.0. The van der Waals surface area contributed by atoms with Crippen LogP contribution in [0, 0.1) is 5.92 Å². The van der Waals surface area contributed by atoms with Gasteiger partial charge in [0.2, 0.25) is 5.91 Å². The molecule has 2 aromatic rings. The summed E-state index contributed by atoms with van der Waals surface area (Å²) in [5.74, 6) is -1.57. The van der Waals surface area contributed by atoms with Crippen molar-refractivity contribution in [3.8, 4) is 0 Å². The average molecular weight is 437 g/mol. The highest BCUT2D eigenvalue weighted by molar-refractivity contribution is 6.09. The van der Waals surface area contributed by atoms with E-state index in [-0.39, 0.29) is 6.61 Å². The highest BCUT2D eigenvalue weighted by Gasteiger charge is 2.69. The Morgan fingerprint density at radius 3 is 2.34 bits per heavy atom. The van der Waals surface area contributed by atoms with Gasteiger partial charge in [-0.1, -0.05) is 67.6 Å². The van der Waals surface area contributed by atoms with E-state index < -0.39 is 41.5 Å². The van der Waals surface area contributed by atoms with Gasteiger partial charge in [0, 0.05) is 6.54 Å². The van der Waals surface area contributed by atoms with E-state index in [1.54, 1.807) is 6.92 Å². The topological polar surface area (TPSA) is 87.2 Å². The van der Waals surface area contributed by atoms with Crippen LogP contribution in [0.1, 0.15) is 43.9 Å². The minimum absolute atomic E-state index is 0.109. The van der Waals surface area contributed by atoms with Crippen molar-refractivity contribution in [1.29, 1.82) is 0 Å². The van der Waals surface area contributed by atoms with Gasteiger partial charge in [0.05, 0.1) is 18.1 Å². The van der Waals surface area contributed by atoms with E-state index in [1.807, 2.05) is 60.7 Å². The van der Waals surface area contributed by atoms with Crippen LogP contribution in [0.15, 0.2) is 60.7 Å². The molecule has 2 heterocycles. The summed E-state index contributed by atoms with van der Waals surface area (Å²) < 4.78 is 5.55. The Labute approximate surface area is 187 Å². The maximum Gasteiger partial charge on any atom is 0.411 e. The van der Waals surface area contributed by atoms with Crippen LogP contribution in [0.25, 0.3) is 0 Å². The van der Waals surface area contributed by atoms with Gasteiger partial charge in [-0.25, -0.2) is 4.79 Å². The van der Waals surface area contributed by atoms with Crippen molar-refractivity contribution in [3.63, 3.8) is 0 Å². The first-order valence-electron chi connectivity index (χ1n) is 11.0. The number of aliphatic hydroxyl groups excluding tert-OH is 1. The number of nitrogens with zero attached hydrogens (tertiary/aromatic N) is 2. The number of imide groups is 1. The lowest BCUT2D eigenvalue weighted by Crippen LogP contribution is -2.75. The van der Waals surface area contributed by atoms with Crippen molar-refractivity contribution in [1.82, 2.24) is 9.80 Å². The maximum atomic E-state index is 13.5. The van der Waals surface area contributed by atoms with E-state index in [4.69, 9.17) is 4.74 Å². The van der Waals surface area contributed by atoms with Crippen LogP contribution in [-0.2, 0) is 20.9 Å². The Bertz CT molecular complexity index is 994. The summed E-state index contributed by atoms with van der Waals surface area (Å²) in [5, 5.41) is 9.93. The Balaban J connectivity index is 1.63. The van der Waals surface area contributed by atoms with Gasteiger partial charge in [-0.05, 0) is 30.9 Å². The molecule has 7 heteroatoms. The number of rotatable bonds is 5. The SMILES string of the molecule is CC(O)C(C)C(=O)N1C(=O)C2(CCCN2C(=O)OCc2ccccc2)C1c1ccccc1. The molecule has 3 amide bonds. The van der Waals surface area contributed by atoms with E-state index in [0.29, 0.717) is 19.4 Å². The number of aliphatic hydroxyl groups is 1. The summed E-state index contributed by atoms with van der Waals surface area (Å²) in [6, 6.07) is 18.0. The summed E-state index contributed by atoms with van der Waals surface area (Å²) in [7, 11) is 0. The van der Waals surface area contributed by atoms with Crippen molar-refractivity contribution in [3.05, 3.63) is 71.8 Å². The van der Waals surface area contributed by atoms with Gasteiger partial charge in [-0.2, -0.15) is 0 Å². The zero-order chi connectivity index (χ0) is 22.9. The number of hydrogen-bond donors (Lipinski definition) is 1. The Kier molecular flexibility index (Phi) is 6.02. The van der Waals surface area contributed by atoms with Crippen molar-refractivity contribution >= 4 is 17.9 Å². The van der Waals surface area contributed by atoms with Gasteiger partial charge in [0.25, 0.3) is 5.91 Å². The lowest BCUT2D eigenvalue weighted by molar-refractivity contribution is -0.182. The molecule has 2 fully saturated rings. The Morgan fingerprint density at radius 1 is 1.09 bits per heavy atom. The normalized spacial score (nSPS) is 24.2. The second-order valence-electron chi connectivity index (χ2n) is 8.58. The summed E-state index contributed by atoms with van der Waals surface area (Å²) in [6.07, 6.45) is -0.350. The summed E-state index contributed by atoms with van der Waals surface area (Å²) in [6.45, 7) is 3.63. The lowest BCUT2D eigenvalue weighted by Gasteiger charge is -2.56.